The number of nitrogens with zero attached hydrogens (tertiary/aromatic N) is 1. The Morgan fingerprint density at radius 1 is 0.552 bits per heavy atom. The van der Waals surface area contributed by atoms with Gasteiger partial charge in [0.2, 0.25) is 0 Å². The maximum Gasteiger partial charge on any atom is 0.338 e. The highest BCUT2D eigenvalue weighted by Crippen LogP contribution is 2.21. The number of hydrogen-bond donors (Lipinski definition) is 0. The SMILES string of the molecule is CON=C[C@@H](F)[C@H](OC(=O)c1ccc(Cl)cc1)[C@@H](C)COC(=O)c1ccc(Cl)cc1.C[C@@H](COC(=O)c1ccc(Cl)cc1)[C@@H](OC(=O)c1ccc(Cl)cc1)[C@H](F)C=O. The molecule has 4 aromatic rings. The zero-order valence-corrected chi connectivity index (χ0v) is 34.1. The Balaban J connectivity index is 0.000000311. The minimum Gasteiger partial charge on any atom is -0.462 e. The molecule has 0 aliphatic rings. The number of carbonyl (C=O) groups is 5. The number of aldehydes is 1. The van der Waals surface area contributed by atoms with E-state index in [0.717, 1.165) is 6.21 Å². The topological polar surface area (TPSA) is 144 Å². The number of esters is 4. The number of carbonyl (C=O) groups excluding carboxylic acids is 5. The van der Waals surface area contributed by atoms with Crippen LogP contribution in [0.5, 0.6) is 0 Å². The normalized spacial score (nSPS) is 13.9. The first-order chi connectivity index (χ1) is 27.6. The average Bonchev–Trinajstić information content (AvgIpc) is 3.22. The summed E-state index contributed by atoms with van der Waals surface area (Å²) >= 11 is 23.1. The highest BCUT2D eigenvalue weighted by Gasteiger charge is 2.33. The zero-order chi connectivity index (χ0) is 42.8. The third-order valence-electron chi connectivity index (χ3n) is 7.95. The van der Waals surface area contributed by atoms with Gasteiger partial charge in [0, 0.05) is 31.9 Å². The van der Waals surface area contributed by atoms with Crippen molar-refractivity contribution in [1.29, 1.82) is 0 Å². The van der Waals surface area contributed by atoms with Gasteiger partial charge in [0.15, 0.2) is 18.6 Å². The van der Waals surface area contributed by atoms with Crippen LogP contribution in [-0.4, -0.2) is 81.3 Å². The first kappa shape index (κ1) is 47.3. The van der Waals surface area contributed by atoms with Gasteiger partial charge in [-0.15, -0.1) is 0 Å². The number of rotatable bonds is 17. The summed E-state index contributed by atoms with van der Waals surface area (Å²) in [5, 5.41) is 5.20. The van der Waals surface area contributed by atoms with E-state index in [4.69, 9.17) is 65.4 Å². The molecule has 0 aliphatic heterocycles. The van der Waals surface area contributed by atoms with Crippen LogP contribution < -0.4 is 0 Å². The maximum absolute atomic E-state index is 14.7. The van der Waals surface area contributed by atoms with Crippen molar-refractivity contribution in [1.82, 2.24) is 0 Å². The van der Waals surface area contributed by atoms with Gasteiger partial charge in [0.1, 0.15) is 19.3 Å². The number of benzene rings is 4. The molecule has 0 aromatic heterocycles. The molecule has 0 amide bonds. The van der Waals surface area contributed by atoms with Gasteiger partial charge in [-0.1, -0.05) is 65.4 Å². The molecule has 0 spiro atoms. The Morgan fingerprint density at radius 3 is 1.14 bits per heavy atom. The molecular weight excluding hydrogens is 846 g/mol. The molecule has 308 valence electrons. The second-order valence-electron chi connectivity index (χ2n) is 12.4. The van der Waals surface area contributed by atoms with Crippen LogP contribution in [0, 0.1) is 11.8 Å². The van der Waals surface area contributed by atoms with Gasteiger partial charge in [0.05, 0.1) is 41.7 Å². The molecule has 0 bridgehead atoms. The predicted molar refractivity (Wildman–Crippen MR) is 214 cm³/mol. The molecule has 0 saturated heterocycles. The summed E-state index contributed by atoms with van der Waals surface area (Å²) in [6.07, 6.45) is -5.64. The van der Waals surface area contributed by atoms with Crippen molar-refractivity contribution in [3.8, 4) is 0 Å². The van der Waals surface area contributed by atoms with E-state index in [1.165, 1.54) is 99.0 Å². The van der Waals surface area contributed by atoms with Gasteiger partial charge >= 0.3 is 23.9 Å². The predicted octanol–water partition coefficient (Wildman–Crippen LogP) is 9.53. The number of halogens is 6. The monoisotopic (exact) mass is 881 g/mol. The van der Waals surface area contributed by atoms with E-state index in [2.05, 4.69) is 9.99 Å². The summed E-state index contributed by atoms with van der Waals surface area (Å²) < 4.78 is 49.6. The molecule has 17 heteroatoms. The van der Waals surface area contributed by atoms with Crippen molar-refractivity contribution < 1.29 is 56.5 Å². The Kier molecular flexibility index (Phi) is 19.6. The van der Waals surface area contributed by atoms with E-state index >= 15 is 0 Å². The zero-order valence-electron chi connectivity index (χ0n) is 31.1. The first-order valence-corrected chi connectivity index (χ1v) is 18.7. The van der Waals surface area contributed by atoms with Crippen molar-refractivity contribution in [3.63, 3.8) is 0 Å². The van der Waals surface area contributed by atoms with Crippen LogP contribution in [0.3, 0.4) is 0 Å². The number of alkyl halides is 2. The second-order valence-corrected chi connectivity index (χ2v) is 14.1. The van der Waals surface area contributed by atoms with Crippen LogP contribution in [-0.2, 0) is 28.6 Å². The lowest BCUT2D eigenvalue weighted by atomic mass is 10.0. The minimum atomic E-state index is -2.07. The summed E-state index contributed by atoms with van der Waals surface area (Å²) in [6, 6.07) is 23.9. The summed E-state index contributed by atoms with van der Waals surface area (Å²) in [5.74, 6) is -4.28. The fourth-order valence-corrected chi connectivity index (χ4v) is 5.27. The molecule has 58 heavy (non-hydrogen) atoms. The number of hydrogen-bond acceptors (Lipinski definition) is 11. The molecule has 11 nitrogen and oxygen atoms in total. The van der Waals surface area contributed by atoms with Gasteiger partial charge in [-0.05, 0) is 97.1 Å². The highest BCUT2D eigenvalue weighted by atomic mass is 35.5. The van der Waals surface area contributed by atoms with Crippen LogP contribution in [0.4, 0.5) is 8.78 Å². The number of oxime groups is 1. The van der Waals surface area contributed by atoms with Crippen LogP contribution in [0.25, 0.3) is 0 Å². The molecule has 0 unspecified atom stereocenters. The number of ether oxygens (including phenoxy) is 4. The van der Waals surface area contributed by atoms with E-state index in [1.807, 2.05) is 0 Å². The van der Waals surface area contributed by atoms with Crippen molar-refractivity contribution in [2.24, 2.45) is 17.0 Å². The van der Waals surface area contributed by atoms with Gasteiger partial charge in [-0.25, -0.2) is 28.0 Å². The Hall–Kier alpha value is -5.08. The smallest absolute Gasteiger partial charge is 0.338 e. The van der Waals surface area contributed by atoms with Crippen LogP contribution in [0.15, 0.2) is 102 Å². The van der Waals surface area contributed by atoms with Crippen molar-refractivity contribution in [2.75, 3.05) is 20.3 Å². The third kappa shape index (κ3) is 15.4. The fourth-order valence-electron chi connectivity index (χ4n) is 4.77. The molecule has 0 fully saturated rings. The molecule has 0 saturated carbocycles. The Bertz CT molecular complexity index is 1990. The molecule has 0 radical (unpaired) electrons. The van der Waals surface area contributed by atoms with Crippen molar-refractivity contribution >= 4 is 82.8 Å². The molecule has 4 rings (SSSR count). The molecule has 4 aromatic carbocycles. The lowest BCUT2D eigenvalue weighted by Gasteiger charge is -2.25. The van der Waals surface area contributed by atoms with E-state index in [1.54, 1.807) is 19.1 Å². The molecule has 0 N–H and O–H groups in total. The van der Waals surface area contributed by atoms with Gasteiger partial charge in [-0.2, -0.15) is 0 Å². The first-order valence-electron chi connectivity index (χ1n) is 17.2. The highest BCUT2D eigenvalue weighted by molar-refractivity contribution is 6.31. The van der Waals surface area contributed by atoms with E-state index in [-0.39, 0.29) is 36.2 Å². The average molecular weight is 884 g/mol. The van der Waals surface area contributed by atoms with Gasteiger partial charge in [-0.3, -0.25) is 4.79 Å². The summed E-state index contributed by atoms with van der Waals surface area (Å²) in [4.78, 5) is 64.2. The standard InChI is InChI=1S/C21H20Cl2FNO5.C20H17Cl2FO5/c1-13(12-29-20(26)14-3-7-16(22)8-4-14)19(18(24)11-25-28-2)30-21(27)15-5-9-17(23)10-6-15;1-12(11-27-19(25)13-2-6-15(21)7-3-13)18(17(23)10-24)28-20(26)14-4-8-16(22)9-5-14/h3-11,13,18-19H,12H2,1-2H3;2-10,12,17-18H,11H2,1H3/t13-,18+,19+;12-,17+,18+/m00/s1. The second kappa shape index (κ2) is 24.0. The quantitative estimate of drug-likeness (QED) is 0.0331. The molecule has 6 atom stereocenters. The fraction of sp³-hybridized carbons (Fsp3) is 0.268. The third-order valence-corrected chi connectivity index (χ3v) is 8.96. The van der Waals surface area contributed by atoms with E-state index in [9.17, 15) is 32.8 Å². The Labute approximate surface area is 353 Å². The lowest BCUT2D eigenvalue weighted by Crippen LogP contribution is -2.37. The summed E-state index contributed by atoms with van der Waals surface area (Å²) in [5.41, 5.74) is 0.904. The summed E-state index contributed by atoms with van der Waals surface area (Å²) in [7, 11) is 1.26. The van der Waals surface area contributed by atoms with Crippen LogP contribution in [0.1, 0.15) is 55.3 Å². The van der Waals surface area contributed by atoms with Gasteiger partial charge in [0.25, 0.3) is 0 Å². The minimum absolute atomic E-state index is 0.0390. The molecule has 0 heterocycles. The molecule has 0 aliphatic carbocycles. The van der Waals surface area contributed by atoms with Crippen LogP contribution >= 0.6 is 46.4 Å². The van der Waals surface area contributed by atoms with E-state index in [0.29, 0.717) is 25.7 Å². The molecular formula is C41H37Cl4F2NO10. The Morgan fingerprint density at radius 2 is 0.845 bits per heavy atom. The van der Waals surface area contributed by atoms with E-state index < -0.39 is 60.3 Å². The lowest BCUT2D eigenvalue weighted by molar-refractivity contribution is -0.117. The summed E-state index contributed by atoms with van der Waals surface area (Å²) in [6.45, 7) is 2.64. The largest absolute Gasteiger partial charge is 0.462 e. The van der Waals surface area contributed by atoms with Gasteiger partial charge < -0.3 is 23.8 Å². The van der Waals surface area contributed by atoms with Crippen LogP contribution in [0.2, 0.25) is 20.1 Å². The maximum atomic E-state index is 14.7. The van der Waals surface area contributed by atoms with Crippen molar-refractivity contribution in [3.05, 3.63) is 139 Å². The van der Waals surface area contributed by atoms with Crippen molar-refractivity contribution in [2.45, 2.75) is 38.4 Å².